The lowest BCUT2D eigenvalue weighted by molar-refractivity contribution is 0.280. The molecular weight excluding hydrogens is 348 g/mol. The Morgan fingerprint density at radius 3 is 2.54 bits per heavy atom. The van der Waals surface area contributed by atoms with E-state index in [1.807, 2.05) is 24.3 Å². The lowest BCUT2D eigenvalue weighted by Gasteiger charge is -2.34. The predicted molar refractivity (Wildman–Crippen MR) is 117 cm³/mol. The van der Waals surface area contributed by atoms with Crippen molar-refractivity contribution in [2.45, 2.75) is 45.4 Å². The largest absolute Gasteiger partial charge is 0.477 e. The minimum Gasteiger partial charge on any atom is -0.477 e. The fourth-order valence-corrected chi connectivity index (χ4v) is 3.65. The van der Waals surface area contributed by atoms with Gasteiger partial charge in [0.15, 0.2) is 0 Å². The predicted octanol–water partition coefficient (Wildman–Crippen LogP) is 4.68. The van der Waals surface area contributed by atoms with Crippen LogP contribution in [0.5, 0.6) is 5.88 Å². The Balaban J connectivity index is 1.63. The van der Waals surface area contributed by atoms with Gasteiger partial charge in [-0.15, -0.1) is 6.58 Å². The number of hydrogen-bond acceptors (Lipinski definition) is 5. The summed E-state index contributed by atoms with van der Waals surface area (Å²) in [6.07, 6.45) is 9.51. The Morgan fingerprint density at radius 1 is 1.00 bits per heavy atom. The van der Waals surface area contributed by atoms with E-state index in [9.17, 15) is 0 Å². The summed E-state index contributed by atoms with van der Waals surface area (Å²) >= 11 is 0. The zero-order valence-corrected chi connectivity index (χ0v) is 17.3. The Hall–Kier alpha value is -2.14. The molecule has 28 heavy (non-hydrogen) atoms. The van der Waals surface area contributed by atoms with E-state index in [4.69, 9.17) is 14.7 Å². The highest BCUT2D eigenvalue weighted by Crippen LogP contribution is 2.26. The van der Waals surface area contributed by atoms with E-state index in [1.165, 1.54) is 32.1 Å². The third-order valence-corrected chi connectivity index (χ3v) is 5.34. The molecule has 0 atom stereocenters. The fraction of sp³-hybridized carbons (Fsp3) is 0.565. The molecule has 1 aliphatic rings. The number of benzene rings is 1. The van der Waals surface area contributed by atoms with Gasteiger partial charge < -0.3 is 9.64 Å². The summed E-state index contributed by atoms with van der Waals surface area (Å²) in [4.78, 5) is 14.3. The number of aromatic nitrogens is 2. The number of para-hydroxylation sites is 1. The number of nitrogens with zero attached hydrogens (tertiary/aromatic N) is 4. The molecule has 0 aliphatic carbocycles. The summed E-state index contributed by atoms with van der Waals surface area (Å²) in [5.74, 6) is 1.51. The smallest absolute Gasteiger partial charge is 0.229 e. The molecule has 0 saturated carbocycles. The van der Waals surface area contributed by atoms with Crippen LogP contribution in [0, 0.1) is 0 Å². The van der Waals surface area contributed by atoms with Crippen LogP contribution in [0.2, 0.25) is 0 Å². The highest BCUT2D eigenvalue weighted by atomic mass is 16.5. The number of anilines is 1. The Morgan fingerprint density at radius 2 is 1.75 bits per heavy atom. The van der Waals surface area contributed by atoms with Crippen LogP contribution in [-0.2, 0) is 0 Å². The SMILES string of the molecule is C=CCN1CCN(c2nc(OCCCCCCCC)c3ccccc3n2)CC1. The molecule has 5 nitrogen and oxygen atoms in total. The average Bonchev–Trinajstić information content (AvgIpc) is 2.73. The monoisotopic (exact) mass is 382 g/mol. The molecular formula is C23H34N4O. The summed E-state index contributed by atoms with van der Waals surface area (Å²) in [5.41, 5.74) is 0.957. The molecule has 0 amide bonds. The highest BCUT2D eigenvalue weighted by Gasteiger charge is 2.20. The van der Waals surface area contributed by atoms with Gasteiger partial charge in [0.2, 0.25) is 11.8 Å². The minimum absolute atomic E-state index is 0.722. The molecule has 152 valence electrons. The van der Waals surface area contributed by atoms with E-state index in [2.05, 4.69) is 29.4 Å². The maximum Gasteiger partial charge on any atom is 0.229 e. The van der Waals surface area contributed by atoms with Gasteiger partial charge >= 0.3 is 0 Å². The zero-order chi connectivity index (χ0) is 19.6. The second-order valence-electron chi connectivity index (χ2n) is 7.54. The molecule has 0 N–H and O–H groups in total. The van der Waals surface area contributed by atoms with Crippen LogP contribution in [0.3, 0.4) is 0 Å². The van der Waals surface area contributed by atoms with E-state index in [0.29, 0.717) is 0 Å². The van der Waals surface area contributed by atoms with Gasteiger partial charge in [-0.2, -0.15) is 4.98 Å². The molecule has 2 aromatic rings. The van der Waals surface area contributed by atoms with Crippen LogP contribution in [-0.4, -0.2) is 54.2 Å². The second-order valence-corrected chi connectivity index (χ2v) is 7.54. The topological polar surface area (TPSA) is 41.5 Å². The van der Waals surface area contributed by atoms with Crippen molar-refractivity contribution in [3.63, 3.8) is 0 Å². The van der Waals surface area contributed by atoms with Crippen molar-refractivity contribution in [2.75, 3.05) is 44.2 Å². The van der Waals surface area contributed by atoms with Gasteiger partial charge in [-0.05, 0) is 18.6 Å². The Bertz CT molecular complexity index is 740. The van der Waals surface area contributed by atoms with Crippen molar-refractivity contribution in [1.82, 2.24) is 14.9 Å². The maximum atomic E-state index is 6.12. The first-order valence-electron chi connectivity index (χ1n) is 10.8. The molecule has 0 radical (unpaired) electrons. The van der Waals surface area contributed by atoms with E-state index >= 15 is 0 Å². The molecule has 0 spiro atoms. The Labute approximate surface area is 169 Å². The fourth-order valence-electron chi connectivity index (χ4n) is 3.65. The first-order valence-corrected chi connectivity index (χ1v) is 10.8. The lowest BCUT2D eigenvalue weighted by atomic mass is 10.1. The maximum absolute atomic E-state index is 6.12. The summed E-state index contributed by atoms with van der Waals surface area (Å²) < 4.78 is 6.12. The van der Waals surface area contributed by atoms with Crippen molar-refractivity contribution in [3.05, 3.63) is 36.9 Å². The molecule has 3 rings (SSSR count). The summed E-state index contributed by atoms with van der Waals surface area (Å²) in [6, 6.07) is 8.15. The summed E-state index contributed by atoms with van der Waals surface area (Å²) in [6.45, 7) is 11.6. The number of hydrogen-bond donors (Lipinski definition) is 0. The molecule has 5 heteroatoms. The molecule has 2 heterocycles. The molecule has 0 bridgehead atoms. The van der Waals surface area contributed by atoms with Gasteiger partial charge in [-0.1, -0.05) is 57.2 Å². The lowest BCUT2D eigenvalue weighted by Crippen LogP contribution is -2.46. The van der Waals surface area contributed by atoms with Gasteiger partial charge in [-0.3, -0.25) is 4.90 Å². The molecule has 1 saturated heterocycles. The van der Waals surface area contributed by atoms with Crippen LogP contribution in [0.4, 0.5) is 5.95 Å². The average molecular weight is 383 g/mol. The van der Waals surface area contributed by atoms with Crippen LogP contribution in [0.1, 0.15) is 45.4 Å². The van der Waals surface area contributed by atoms with E-state index in [0.717, 1.165) is 68.5 Å². The van der Waals surface area contributed by atoms with E-state index in [-0.39, 0.29) is 0 Å². The number of ether oxygens (including phenoxy) is 1. The first kappa shape index (κ1) is 20.6. The zero-order valence-electron chi connectivity index (χ0n) is 17.3. The quantitative estimate of drug-likeness (QED) is 0.417. The second kappa shape index (κ2) is 11.0. The van der Waals surface area contributed by atoms with E-state index < -0.39 is 0 Å². The van der Waals surface area contributed by atoms with Gasteiger partial charge in [-0.25, -0.2) is 4.98 Å². The van der Waals surface area contributed by atoms with Crippen molar-refractivity contribution in [2.24, 2.45) is 0 Å². The number of fused-ring (bicyclic) bond motifs is 1. The van der Waals surface area contributed by atoms with E-state index in [1.54, 1.807) is 0 Å². The van der Waals surface area contributed by atoms with Gasteiger partial charge in [0.1, 0.15) is 0 Å². The normalized spacial score (nSPS) is 15.1. The Kier molecular flexibility index (Phi) is 8.09. The van der Waals surface area contributed by atoms with Crippen LogP contribution < -0.4 is 9.64 Å². The molecule has 1 aromatic carbocycles. The highest BCUT2D eigenvalue weighted by molar-refractivity contribution is 5.84. The summed E-state index contributed by atoms with van der Waals surface area (Å²) in [7, 11) is 0. The third kappa shape index (κ3) is 5.68. The van der Waals surface area contributed by atoms with Gasteiger partial charge in [0, 0.05) is 32.7 Å². The number of unbranched alkanes of at least 4 members (excludes halogenated alkanes) is 5. The minimum atomic E-state index is 0.722. The summed E-state index contributed by atoms with van der Waals surface area (Å²) in [5, 5.41) is 1.00. The molecule has 1 aliphatic heterocycles. The first-order chi connectivity index (χ1) is 13.8. The van der Waals surface area contributed by atoms with Crippen molar-refractivity contribution in [1.29, 1.82) is 0 Å². The molecule has 1 fully saturated rings. The van der Waals surface area contributed by atoms with Gasteiger partial charge in [0.05, 0.1) is 17.5 Å². The molecule has 1 aromatic heterocycles. The van der Waals surface area contributed by atoms with Crippen LogP contribution >= 0.6 is 0 Å². The van der Waals surface area contributed by atoms with Crippen molar-refractivity contribution >= 4 is 16.9 Å². The van der Waals surface area contributed by atoms with Gasteiger partial charge in [0.25, 0.3) is 0 Å². The number of rotatable bonds is 11. The third-order valence-electron chi connectivity index (χ3n) is 5.34. The van der Waals surface area contributed by atoms with Crippen molar-refractivity contribution in [3.8, 4) is 5.88 Å². The molecule has 0 unspecified atom stereocenters. The number of piperazine rings is 1. The van der Waals surface area contributed by atoms with Crippen LogP contribution in [0.25, 0.3) is 10.9 Å². The standard InChI is InChI=1S/C23H34N4O/c1-3-5-6-7-8-11-19-28-22-20-12-9-10-13-21(20)24-23(25-22)27-17-15-26(14-4-2)16-18-27/h4,9-10,12-13H,2-3,5-8,11,14-19H2,1H3. The van der Waals surface area contributed by atoms with Crippen molar-refractivity contribution < 1.29 is 4.74 Å². The van der Waals surface area contributed by atoms with Crippen LogP contribution in [0.15, 0.2) is 36.9 Å².